The van der Waals surface area contributed by atoms with E-state index < -0.39 is 24.0 Å². The van der Waals surface area contributed by atoms with Crippen LogP contribution in [0.5, 0.6) is 0 Å². The van der Waals surface area contributed by atoms with Gasteiger partial charge in [-0.15, -0.1) is 0 Å². The van der Waals surface area contributed by atoms with Gasteiger partial charge in [-0.1, -0.05) is 12.1 Å². The fourth-order valence-electron chi connectivity index (χ4n) is 3.22. The first-order valence-corrected chi connectivity index (χ1v) is 8.33. The zero-order valence-electron chi connectivity index (χ0n) is 14.1. The smallest absolute Gasteiger partial charge is 0.407 e. The Morgan fingerprint density at radius 1 is 1.36 bits per heavy atom. The van der Waals surface area contributed by atoms with Crippen molar-refractivity contribution in [2.75, 3.05) is 13.2 Å². The summed E-state index contributed by atoms with van der Waals surface area (Å²) in [5.41, 5.74) is 0.676. The number of hydrogen-bond donors (Lipinski definition) is 1. The average molecular weight is 351 g/mol. The minimum absolute atomic E-state index is 0.214. The summed E-state index contributed by atoms with van der Waals surface area (Å²) < 4.78 is 18.2. The van der Waals surface area contributed by atoms with Crippen molar-refractivity contribution in [2.24, 2.45) is 5.92 Å². The van der Waals surface area contributed by atoms with Crippen molar-refractivity contribution in [1.29, 1.82) is 0 Å². The van der Waals surface area contributed by atoms with Crippen LogP contribution in [0.2, 0.25) is 0 Å². The number of hydrogen-bond acceptors (Lipinski definition) is 4. The Balaban J connectivity index is 2.06. The van der Waals surface area contributed by atoms with Crippen LogP contribution in [0.15, 0.2) is 24.3 Å². The molecular formula is C18H22FNO5. The molecule has 2 unspecified atom stereocenters. The molecule has 0 aliphatic carbocycles. The Kier molecular flexibility index (Phi) is 6.50. The minimum atomic E-state index is -1.06. The summed E-state index contributed by atoms with van der Waals surface area (Å²) in [4.78, 5) is 36.5. The molecule has 1 heterocycles. The molecule has 1 N–H and O–H groups in total. The van der Waals surface area contributed by atoms with Gasteiger partial charge in [0.25, 0.3) is 0 Å². The van der Waals surface area contributed by atoms with Crippen LogP contribution < -0.4 is 0 Å². The van der Waals surface area contributed by atoms with Crippen LogP contribution in [-0.2, 0) is 20.7 Å². The van der Waals surface area contributed by atoms with Crippen molar-refractivity contribution in [1.82, 2.24) is 4.90 Å². The van der Waals surface area contributed by atoms with E-state index in [1.807, 2.05) is 0 Å². The molecule has 1 fully saturated rings. The molecule has 1 aromatic carbocycles. The molecule has 0 bridgehead atoms. The Morgan fingerprint density at radius 3 is 2.76 bits per heavy atom. The maximum Gasteiger partial charge on any atom is 0.407 e. The lowest BCUT2D eigenvalue weighted by Crippen LogP contribution is -2.48. The molecular weight excluding hydrogens is 329 g/mol. The van der Waals surface area contributed by atoms with Crippen molar-refractivity contribution in [3.8, 4) is 0 Å². The van der Waals surface area contributed by atoms with Crippen LogP contribution in [0.25, 0.3) is 0 Å². The maximum atomic E-state index is 13.4. The average Bonchev–Trinajstić information content (AvgIpc) is 2.54. The summed E-state index contributed by atoms with van der Waals surface area (Å²) >= 11 is 0. The number of carboxylic acid groups (broad SMARTS) is 1. The van der Waals surface area contributed by atoms with Gasteiger partial charge in [0, 0.05) is 18.5 Å². The van der Waals surface area contributed by atoms with Gasteiger partial charge in [-0.2, -0.15) is 0 Å². The van der Waals surface area contributed by atoms with E-state index in [1.54, 1.807) is 19.1 Å². The Labute approximate surface area is 145 Å². The number of amides is 1. The Bertz CT molecular complexity index is 648. The lowest BCUT2D eigenvalue weighted by molar-refractivity contribution is -0.146. The largest absolute Gasteiger partial charge is 0.466 e. The van der Waals surface area contributed by atoms with Gasteiger partial charge in [0.2, 0.25) is 0 Å². The van der Waals surface area contributed by atoms with E-state index in [-0.39, 0.29) is 31.2 Å². The number of carbonyl (C=O) groups is 3. The Hall–Kier alpha value is -2.44. The third-order valence-corrected chi connectivity index (χ3v) is 4.40. The fourth-order valence-corrected chi connectivity index (χ4v) is 3.22. The monoisotopic (exact) mass is 351 g/mol. The number of ketones is 1. The molecule has 0 saturated carbocycles. The molecule has 2 atom stereocenters. The van der Waals surface area contributed by atoms with Crippen LogP contribution in [-0.4, -0.2) is 47.0 Å². The number of rotatable bonds is 6. The molecule has 0 radical (unpaired) electrons. The quantitative estimate of drug-likeness (QED) is 0.629. The molecule has 0 spiro atoms. The van der Waals surface area contributed by atoms with Gasteiger partial charge in [-0.25, -0.2) is 9.18 Å². The highest BCUT2D eigenvalue weighted by Gasteiger charge is 2.35. The normalized spacial score (nSPS) is 20.2. The molecule has 25 heavy (non-hydrogen) atoms. The lowest BCUT2D eigenvalue weighted by Gasteiger charge is -2.37. The number of carbonyl (C=O) groups excluding carboxylic acids is 2. The lowest BCUT2D eigenvalue weighted by atomic mass is 9.84. The van der Waals surface area contributed by atoms with Crippen LogP contribution in [0, 0.1) is 11.7 Å². The van der Waals surface area contributed by atoms with Crippen molar-refractivity contribution < 1.29 is 28.6 Å². The second-order valence-electron chi connectivity index (χ2n) is 6.13. The van der Waals surface area contributed by atoms with Crippen molar-refractivity contribution in [2.45, 2.75) is 38.6 Å². The fraction of sp³-hybridized carbons (Fsp3) is 0.500. The number of benzene rings is 1. The summed E-state index contributed by atoms with van der Waals surface area (Å²) in [7, 11) is 0. The van der Waals surface area contributed by atoms with Gasteiger partial charge in [-0.3, -0.25) is 9.59 Å². The number of Topliss-reactive ketones (excluding diaryl/α,β-unsaturated/α-hetero) is 1. The van der Waals surface area contributed by atoms with Gasteiger partial charge in [0.05, 0.1) is 6.61 Å². The first kappa shape index (κ1) is 18.9. The van der Waals surface area contributed by atoms with Gasteiger partial charge in [-0.05, 0) is 43.9 Å². The van der Waals surface area contributed by atoms with E-state index in [0.29, 0.717) is 24.8 Å². The van der Waals surface area contributed by atoms with E-state index >= 15 is 0 Å². The van der Waals surface area contributed by atoms with Gasteiger partial charge < -0.3 is 14.7 Å². The number of nitrogens with zero attached hydrogens (tertiary/aromatic N) is 1. The first-order chi connectivity index (χ1) is 11.9. The van der Waals surface area contributed by atoms with Crippen LogP contribution in [0.1, 0.15) is 31.7 Å². The number of piperidine rings is 1. The first-order valence-electron chi connectivity index (χ1n) is 8.33. The van der Waals surface area contributed by atoms with Crippen molar-refractivity contribution >= 4 is 17.8 Å². The summed E-state index contributed by atoms with van der Waals surface area (Å²) in [5.74, 6) is -1.56. The van der Waals surface area contributed by atoms with E-state index in [0.717, 1.165) is 0 Å². The molecule has 136 valence electrons. The molecule has 1 saturated heterocycles. The molecule has 6 nitrogen and oxygen atoms in total. The zero-order valence-corrected chi connectivity index (χ0v) is 14.1. The van der Waals surface area contributed by atoms with E-state index in [1.165, 1.54) is 17.0 Å². The summed E-state index contributed by atoms with van der Waals surface area (Å²) in [6, 6.07) is 5.56. The second-order valence-corrected chi connectivity index (χ2v) is 6.13. The summed E-state index contributed by atoms with van der Waals surface area (Å²) in [5, 5.41) is 9.37. The summed E-state index contributed by atoms with van der Waals surface area (Å²) in [6.07, 6.45) is -0.325. The number of ether oxygens (including phenoxy) is 1. The van der Waals surface area contributed by atoms with Crippen LogP contribution >= 0.6 is 0 Å². The molecule has 2 rings (SSSR count). The van der Waals surface area contributed by atoms with Gasteiger partial charge in [0.1, 0.15) is 18.0 Å². The van der Waals surface area contributed by atoms with Crippen LogP contribution in [0.4, 0.5) is 9.18 Å². The standard InChI is InChI=1S/C18H22FNO5/c1-2-25-17(22)11-16(21)13-6-7-20(18(23)24)15(10-13)9-12-4-3-5-14(19)8-12/h3-5,8,13,15H,2,6-7,9-11H2,1H3,(H,23,24). The Morgan fingerprint density at radius 2 is 2.12 bits per heavy atom. The third kappa shape index (κ3) is 5.27. The SMILES string of the molecule is CCOC(=O)CC(=O)C1CCN(C(=O)O)C(Cc2cccc(F)c2)C1. The van der Waals surface area contributed by atoms with Crippen molar-refractivity contribution in [3.63, 3.8) is 0 Å². The van der Waals surface area contributed by atoms with Gasteiger partial charge in [0.15, 0.2) is 0 Å². The second kappa shape index (κ2) is 8.60. The molecule has 1 aliphatic rings. The van der Waals surface area contributed by atoms with Gasteiger partial charge >= 0.3 is 12.1 Å². The topological polar surface area (TPSA) is 83.9 Å². The predicted molar refractivity (Wildman–Crippen MR) is 87.6 cm³/mol. The molecule has 0 aromatic heterocycles. The third-order valence-electron chi connectivity index (χ3n) is 4.40. The molecule has 1 aromatic rings. The summed E-state index contributed by atoms with van der Waals surface area (Å²) in [6.45, 7) is 2.10. The van der Waals surface area contributed by atoms with E-state index in [2.05, 4.69) is 0 Å². The zero-order chi connectivity index (χ0) is 18.4. The van der Waals surface area contributed by atoms with E-state index in [9.17, 15) is 23.9 Å². The maximum absolute atomic E-state index is 13.4. The number of halogens is 1. The predicted octanol–water partition coefficient (Wildman–Crippen LogP) is 2.65. The van der Waals surface area contributed by atoms with E-state index in [4.69, 9.17) is 4.74 Å². The molecule has 1 aliphatic heterocycles. The highest BCUT2D eigenvalue weighted by atomic mass is 19.1. The van der Waals surface area contributed by atoms with Crippen molar-refractivity contribution in [3.05, 3.63) is 35.6 Å². The molecule has 7 heteroatoms. The number of esters is 1. The highest BCUT2D eigenvalue weighted by molar-refractivity contribution is 5.96. The van der Waals surface area contributed by atoms with Crippen LogP contribution in [0.3, 0.4) is 0 Å². The number of likely N-dealkylation sites (tertiary alicyclic amines) is 1. The highest BCUT2D eigenvalue weighted by Crippen LogP contribution is 2.27. The molecule has 1 amide bonds. The minimum Gasteiger partial charge on any atom is -0.466 e.